The highest BCUT2D eigenvalue weighted by Crippen LogP contribution is 2.28. The van der Waals surface area contributed by atoms with Crippen LogP contribution in [0.1, 0.15) is 45.1 Å². The lowest BCUT2D eigenvalue weighted by Gasteiger charge is -2.28. The van der Waals surface area contributed by atoms with E-state index in [1.807, 2.05) is 56.0 Å². The van der Waals surface area contributed by atoms with Crippen molar-refractivity contribution in [3.05, 3.63) is 74.3 Å². The molecule has 29 heavy (non-hydrogen) atoms. The molecule has 2 aromatic rings. The molecule has 0 bridgehead atoms. The van der Waals surface area contributed by atoms with Crippen LogP contribution < -0.4 is 0 Å². The van der Waals surface area contributed by atoms with Crippen LogP contribution in [0.4, 0.5) is 0 Å². The van der Waals surface area contributed by atoms with E-state index in [1.165, 1.54) is 0 Å². The molecule has 0 unspecified atom stereocenters. The van der Waals surface area contributed by atoms with E-state index in [0.29, 0.717) is 48.9 Å². The van der Waals surface area contributed by atoms with Gasteiger partial charge in [-0.25, -0.2) is 0 Å². The summed E-state index contributed by atoms with van der Waals surface area (Å²) in [6.07, 6.45) is 2.73. The third-order valence-corrected chi connectivity index (χ3v) is 5.69. The summed E-state index contributed by atoms with van der Waals surface area (Å²) < 4.78 is 5.35. The Balaban J connectivity index is 1.89. The van der Waals surface area contributed by atoms with Crippen LogP contribution in [0, 0.1) is 25.2 Å². The van der Waals surface area contributed by atoms with Gasteiger partial charge in [0, 0.05) is 23.7 Å². The maximum absolute atomic E-state index is 13.0. The topological polar surface area (TPSA) is 53.3 Å². The molecule has 0 radical (unpaired) electrons. The minimum Gasteiger partial charge on any atom is -0.378 e. The Morgan fingerprint density at radius 1 is 1.24 bits per heavy atom. The number of rotatable bonds is 4. The minimum absolute atomic E-state index is 0.0305. The van der Waals surface area contributed by atoms with Gasteiger partial charge >= 0.3 is 0 Å². The predicted octanol–water partition coefficient (Wildman–Crippen LogP) is 4.95. The van der Waals surface area contributed by atoms with Crippen LogP contribution in [-0.4, -0.2) is 37.1 Å². The first-order chi connectivity index (χ1) is 13.9. The van der Waals surface area contributed by atoms with Gasteiger partial charge in [0.25, 0.3) is 5.91 Å². The summed E-state index contributed by atoms with van der Waals surface area (Å²) in [6, 6.07) is 11.5. The molecule has 0 N–H and O–H groups in total. The van der Waals surface area contributed by atoms with Gasteiger partial charge in [-0.05, 0) is 73.7 Å². The second kappa shape index (κ2) is 9.26. The number of benzene rings is 2. The summed E-state index contributed by atoms with van der Waals surface area (Å²) in [6.45, 7) is 8.42. The van der Waals surface area contributed by atoms with Crippen molar-refractivity contribution >= 4 is 23.6 Å². The minimum atomic E-state index is 0.0305. The lowest BCUT2D eigenvalue weighted by molar-refractivity contribution is 0.0302. The average molecular weight is 409 g/mol. The van der Waals surface area contributed by atoms with E-state index in [9.17, 15) is 4.79 Å². The molecule has 1 saturated heterocycles. The summed E-state index contributed by atoms with van der Waals surface area (Å²) >= 11 is 6.50. The molecule has 0 aliphatic carbocycles. The Morgan fingerprint density at radius 2 is 1.97 bits per heavy atom. The molecule has 5 heteroatoms. The maximum Gasteiger partial charge on any atom is 0.254 e. The first kappa shape index (κ1) is 21.1. The molecule has 0 spiro atoms. The Labute approximate surface area is 177 Å². The highest BCUT2D eigenvalue weighted by molar-refractivity contribution is 6.31. The number of halogens is 1. The summed E-state index contributed by atoms with van der Waals surface area (Å²) in [5.74, 6) is 0.0305. The van der Waals surface area contributed by atoms with E-state index in [4.69, 9.17) is 21.6 Å². The fraction of sp³-hybridized carbons (Fsp3) is 0.333. The maximum atomic E-state index is 13.0. The first-order valence-corrected chi connectivity index (χ1v) is 10.1. The lowest BCUT2D eigenvalue weighted by Crippen LogP contribution is -2.41. The van der Waals surface area contributed by atoms with Crippen molar-refractivity contribution in [1.82, 2.24) is 4.90 Å². The average Bonchev–Trinajstić information content (AvgIpc) is 2.73. The zero-order valence-corrected chi connectivity index (χ0v) is 17.8. The first-order valence-electron chi connectivity index (χ1n) is 9.73. The van der Waals surface area contributed by atoms with Crippen molar-refractivity contribution in [3.8, 4) is 6.07 Å². The van der Waals surface area contributed by atoms with E-state index < -0.39 is 0 Å². The molecule has 0 aromatic heterocycles. The summed E-state index contributed by atoms with van der Waals surface area (Å²) in [5, 5.41) is 9.82. The van der Waals surface area contributed by atoms with Crippen molar-refractivity contribution in [2.75, 3.05) is 26.3 Å². The number of nitriles is 1. The van der Waals surface area contributed by atoms with Crippen LogP contribution in [0.5, 0.6) is 0 Å². The summed E-state index contributed by atoms with van der Waals surface area (Å²) in [5.41, 5.74) is 6.48. The molecule has 0 saturated carbocycles. The highest BCUT2D eigenvalue weighted by atomic mass is 35.5. The van der Waals surface area contributed by atoms with Crippen molar-refractivity contribution in [2.24, 2.45) is 0 Å². The number of allylic oxidation sites excluding steroid dienone is 1. The Morgan fingerprint density at radius 3 is 2.66 bits per heavy atom. The molecule has 1 heterocycles. The number of ether oxygens (including phenoxy) is 1. The van der Waals surface area contributed by atoms with Gasteiger partial charge in [-0.1, -0.05) is 29.3 Å². The van der Waals surface area contributed by atoms with Gasteiger partial charge in [0.05, 0.1) is 24.8 Å². The quantitative estimate of drug-likeness (QED) is 0.719. The van der Waals surface area contributed by atoms with E-state index in [0.717, 1.165) is 27.8 Å². The monoisotopic (exact) mass is 408 g/mol. The van der Waals surface area contributed by atoms with Crippen LogP contribution in [0.3, 0.4) is 0 Å². The van der Waals surface area contributed by atoms with Crippen LogP contribution in [0.2, 0.25) is 5.02 Å². The molecule has 1 aliphatic heterocycles. The molecule has 1 fully saturated rings. The normalized spacial score (nSPS) is 14.6. The van der Waals surface area contributed by atoms with Crippen molar-refractivity contribution in [3.63, 3.8) is 0 Å². The van der Waals surface area contributed by atoms with Gasteiger partial charge < -0.3 is 9.64 Å². The standard InChI is InChI=1S/C24H25ClN2O2/c1-16(12-20-14-19(15-26)5-4-17(20)2)13-22-18(3)21(6-7-23(22)25)24(28)27-8-10-29-11-9-27/h4-7,12,14H,8-11,13H2,1-3H3/b16-12+. The van der Waals surface area contributed by atoms with E-state index in [1.54, 1.807) is 0 Å². The number of carbonyl (C=O) groups excluding carboxylic acids is 1. The third kappa shape index (κ3) is 4.87. The smallest absolute Gasteiger partial charge is 0.254 e. The van der Waals surface area contributed by atoms with Gasteiger partial charge in [0.1, 0.15) is 0 Å². The zero-order chi connectivity index (χ0) is 21.0. The molecule has 4 nitrogen and oxygen atoms in total. The van der Waals surface area contributed by atoms with Crippen LogP contribution in [0.15, 0.2) is 35.9 Å². The van der Waals surface area contributed by atoms with Gasteiger partial charge in [0.2, 0.25) is 0 Å². The van der Waals surface area contributed by atoms with Crippen molar-refractivity contribution in [1.29, 1.82) is 5.26 Å². The third-order valence-electron chi connectivity index (χ3n) is 5.34. The fourth-order valence-electron chi connectivity index (χ4n) is 3.57. The second-order valence-electron chi connectivity index (χ2n) is 7.45. The summed E-state index contributed by atoms with van der Waals surface area (Å²) in [4.78, 5) is 14.8. The number of carbonyl (C=O) groups is 1. The Bertz CT molecular complexity index is 999. The van der Waals surface area contributed by atoms with Gasteiger partial charge in [-0.3, -0.25) is 4.79 Å². The molecule has 1 amide bonds. The fourth-order valence-corrected chi connectivity index (χ4v) is 3.84. The molecular formula is C24H25ClN2O2. The van der Waals surface area contributed by atoms with Gasteiger partial charge in [0.15, 0.2) is 0 Å². The number of morpholine rings is 1. The molecule has 2 aromatic carbocycles. The van der Waals surface area contributed by atoms with Crippen LogP contribution >= 0.6 is 11.6 Å². The Hall–Kier alpha value is -2.61. The van der Waals surface area contributed by atoms with Crippen LogP contribution in [-0.2, 0) is 11.2 Å². The number of amides is 1. The molecule has 0 atom stereocenters. The highest BCUT2D eigenvalue weighted by Gasteiger charge is 2.22. The second-order valence-corrected chi connectivity index (χ2v) is 7.86. The predicted molar refractivity (Wildman–Crippen MR) is 116 cm³/mol. The van der Waals surface area contributed by atoms with Crippen molar-refractivity contribution < 1.29 is 9.53 Å². The van der Waals surface area contributed by atoms with E-state index in [2.05, 4.69) is 12.1 Å². The van der Waals surface area contributed by atoms with E-state index >= 15 is 0 Å². The lowest BCUT2D eigenvalue weighted by atomic mass is 9.94. The number of nitrogens with zero attached hydrogens (tertiary/aromatic N) is 2. The zero-order valence-electron chi connectivity index (χ0n) is 17.1. The number of hydrogen-bond donors (Lipinski definition) is 0. The molecule has 3 rings (SSSR count). The van der Waals surface area contributed by atoms with Crippen molar-refractivity contribution in [2.45, 2.75) is 27.2 Å². The van der Waals surface area contributed by atoms with E-state index in [-0.39, 0.29) is 5.91 Å². The Kier molecular flexibility index (Phi) is 6.74. The largest absolute Gasteiger partial charge is 0.378 e. The summed E-state index contributed by atoms with van der Waals surface area (Å²) in [7, 11) is 0. The SMILES string of the molecule is C/C(=C\c1cc(C#N)ccc1C)Cc1c(Cl)ccc(C(=O)N2CCOCC2)c1C. The number of hydrogen-bond acceptors (Lipinski definition) is 3. The van der Waals surface area contributed by atoms with Gasteiger partial charge in [-0.2, -0.15) is 5.26 Å². The molecule has 150 valence electrons. The van der Waals surface area contributed by atoms with Crippen LogP contribution in [0.25, 0.3) is 6.08 Å². The number of aryl methyl sites for hydroxylation is 1. The molecular weight excluding hydrogens is 384 g/mol. The molecule has 1 aliphatic rings. The van der Waals surface area contributed by atoms with Gasteiger partial charge in [-0.15, -0.1) is 0 Å².